The summed E-state index contributed by atoms with van der Waals surface area (Å²) in [4.78, 5) is 24.5. The molecule has 2 heterocycles. The lowest BCUT2D eigenvalue weighted by Gasteiger charge is -2.43. The van der Waals surface area contributed by atoms with Crippen LogP contribution in [0.25, 0.3) is 0 Å². The summed E-state index contributed by atoms with van der Waals surface area (Å²) in [7, 11) is 0. The number of allylic oxidation sites excluding steroid dienone is 2. The largest absolute Gasteiger partial charge is 0.462 e. The molecular weight excluding hydrogens is 466 g/mol. The average molecular weight is 512 g/mol. The van der Waals surface area contributed by atoms with Gasteiger partial charge in [0, 0.05) is 18.8 Å². The zero-order valence-corrected chi connectivity index (χ0v) is 22.3. The third-order valence-corrected chi connectivity index (χ3v) is 7.24. The van der Waals surface area contributed by atoms with E-state index in [4.69, 9.17) is 19.9 Å². The van der Waals surface area contributed by atoms with E-state index in [-0.39, 0.29) is 31.1 Å². The van der Waals surface area contributed by atoms with Gasteiger partial charge < -0.3 is 35.3 Å². The molecule has 0 radical (unpaired) electrons. The van der Waals surface area contributed by atoms with E-state index in [2.05, 4.69) is 13.0 Å². The summed E-state index contributed by atoms with van der Waals surface area (Å²) in [6, 6.07) is 0. The van der Waals surface area contributed by atoms with Crippen LogP contribution in [-0.4, -0.2) is 63.7 Å². The standard InChI is InChI=1S/C27H45NO8/c1-6-7-16(2)8-9-18(4)22-13-21(30)12-20(29)10-17(3)11-23-19(5)24(35-26(28)32)14-27(33,36-23)15-25(31)34-22/h6-7,11,16,18-24,29-30,33H,8-10,12-15H2,1-5H3,(H2,28,32)/b7-6+,17-11-/t16-,18-,19-,20-,21+,22-,23+,24+,27+/m0/s1. The van der Waals surface area contributed by atoms with Gasteiger partial charge in [0.15, 0.2) is 5.79 Å². The first-order valence-electron chi connectivity index (χ1n) is 13.0. The first-order valence-corrected chi connectivity index (χ1v) is 13.0. The van der Waals surface area contributed by atoms with Gasteiger partial charge >= 0.3 is 12.1 Å². The Hall–Kier alpha value is -1.94. The van der Waals surface area contributed by atoms with Crippen molar-refractivity contribution >= 4 is 12.1 Å². The van der Waals surface area contributed by atoms with Gasteiger partial charge in [-0.05, 0) is 51.4 Å². The van der Waals surface area contributed by atoms with Crippen molar-refractivity contribution in [3.63, 3.8) is 0 Å². The van der Waals surface area contributed by atoms with Crippen LogP contribution in [0, 0.1) is 17.8 Å². The summed E-state index contributed by atoms with van der Waals surface area (Å²) >= 11 is 0. The van der Waals surface area contributed by atoms with Crippen LogP contribution in [0.2, 0.25) is 0 Å². The zero-order chi connectivity index (χ0) is 27.0. The fourth-order valence-electron chi connectivity index (χ4n) is 5.17. The highest BCUT2D eigenvalue weighted by atomic mass is 16.6. The van der Waals surface area contributed by atoms with E-state index in [1.165, 1.54) is 0 Å². The Morgan fingerprint density at radius 2 is 1.97 bits per heavy atom. The molecule has 1 saturated heterocycles. The van der Waals surface area contributed by atoms with Crippen molar-refractivity contribution in [3.8, 4) is 0 Å². The van der Waals surface area contributed by atoms with Crippen molar-refractivity contribution in [2.75, 3.05) is 0 Å². The molecule has 1 fully saturated rings. The summed E-state index contributed by atoms with van der Waals surface area (Å²) < 4.78 is 17.0. The van der Waals surface area contributed by atoms with Gasteiger partial charge in [0.2, 0.25) is 0 Å². The molecule has 0 aromatic rings. The lowest BCUT2D eigenvalue weighted by atomic mass is 9.85. The van der Waals surface area contributed by atoms with Crippen LogP contribution in [0.5, 0.6) is 0 Å². The maximum atomic E-state index is 13.0. The zero-order valence-electron chi connectivity index (χ0n) is 22.3. The molecule has 9 heteroatoms. The highest BCUT2D eigenvalue weighted by Gasteiger charge is 2.47. The number of ether oxygens (including phenoxy) is 3. The van der Waals surface area contributed by atoms with Crippen LogP contribution in [0.1, 0.15) is 79.6 Å². The van der Waals surface area contributed by atoms with Crippen molar-refractivity contribution in [3.05, 3.63) is 23.8 Å². The van der Waals surface area contributed by atoms with E-state index < -0.39 is 54.8 Å². The smallest absolute Gasteiger partial charge is 0.404 e. The van der Waals surface area contributed by atoms with Gasteiger partial charge in [-0.15, -0.1) is 0 Å². The molecule has 0 spiro atoms. The number of esters is 1. The molecule has 0 aromatic heterocycles. The number of primary amides is 1. The number of carbonyl (C=O) groups is 2. The van der Waals surface area contributed by atoms with Crippen molar-refractivity contribution in [2.45, 2.75) is 116 Å². The lowest BCUT2D eigenvalue weighted by Crippen LogP contribution is -2.53. The number of aliphatic hydroxyl groups is 3. The van der Waals surface area contributed by atoms with Crippen LogP contribution in [0.3, 0.4) is 0 Å². The van der Waals surface area contributed by atoms with E-state index in [1.54, 1.807) is 13.0 Å². The number of amides is 1. The molecule has 9 atom stereocenters. The molecular formula is C27H45NO8. The normalized spacial score (nSPS) is 37.8. The molecule has 1 amide bonds. The summed E-state index contributed by atoms with van der Waals surface area (Å²) in [5.41, 5.74) is 6.03. The minimum Gasteiger partial charge on any atom is -0.462 e. The molecule has 206 valence electrons. The summed E-state index contributed by atoms with van der Waals surface area (Å²) in [6.45, 7) is 9.68. The van der Waals surface area contributed by atoms with E-state index in [0.717, 1.165) is 18.4 Å². The average Bonchev–Trinajstić information content (AvgIpc) is 2.73. The third kappa shape index (κ3) is 9.50. The van der Waals surface area contributed by atoms with Gasteiger partial charge in [0.1, 0.15) is 12.2 Å². The number of hydrogen-bond donors (Lipinski definition) is 4. The Bertz CT molecular complexity index is 799. The van der Waals surface area contributed by atoms with Crippen molar-refractivity contribution < 1.29 is 39.1 Å². The second-order valence-corrected chi connectivity index (χ2v) is 10.8. The highest BCUT2D eigenvalue weighted by Crippen LogP contribution is 2.37. The quantitative estimate of drug-likeness (QED) is 0.313. The fraction of sp³-hybridized carbons (Fsp3) is 0.778. The van der Waals surface area contributed by atoms with Crippen LogP contribution < -0.4 is 5.73 Å². The Balaban J connectivity index is 2.30. The van der Waals surface area contributed by atoms with Crippen LogP contribution in [0.15, 0.2) is 23.8 Å². The Morgan fingerprint density at radius 1 is 1.28 bits per heavy atom. The van der Waals surface area contributed by atoms with Gasteiger partial charge in [-0.3, -0.25) is 4.79 Å². The molecule has 2 aliphatic heterocycles. The maximum absolute atomic E-state index is 13.0. The van der Waals surface area contributed by atoms with Crippen LogP contribution >= 0.6 is 0 Å². The Kier molecular flexibility index (Phi) is 11.4. The molecule has 9 nitrogen and oxygen atoms in total. The maximum Gasteiger partial charge on any atom is 0.404 e. The van der Waals surface area contributed by atoms with Crippen LogP contribution in [0.4, 0.5) is 4.79 Å². The first kappa shape index (κ1) is 30.3. The molecule has 5 N–H and O–H groups in total. The van der Waals surface area contributed by atoms with E-state index >= 15 is 0 Å². The van der Waals surface area contributed by atoms with Crippen molar-refractivity contribution in [1.29, 1.82) is 0 Å². The number of cyclic esters (lactones) is 1. The monoisotopic (exact) mass is 511 g/mol. The second-order valence-electron chi connectivity index (χ2n) is 10.8. The van der Waals surface area contributed by atoms with E-state index in [1.807, 2.05) is 26.8 Å². The van der Waals surface area contributed by atoms with Crippen molar-refractivity contribution in [1.82, 2.24) is 0 Å². The SMILES string of the molecule is C/C=C/[C@H](C)CC[C@H](C)[C@@H]1C[C@H](O)C[C@@H](O)C/C(C)=C\[C@H]2O[C@@](O)(CC(=O)O1)C[C@@H](OC(N)=O)[C@H]2C. The number of fused-ring (bicyclic) bond motifs is 2. The minimum atomic E-state index is -1.93. The van der Waals surface area contributed by atoms with Crippen LogP contribution in [-0.2, 0) is 19.0 Å². The topological polar surface area (TPSA) is 149 Å². The Labute approximate surface area is 214 Å². The number of carbonyl (C=O) groups excluding carboxylic acids is 2. The number of rotatable bonds is 6. The van der Waals surface area contributed by atoms with Gasteiger partial charge in [-0.1, -0.05) is 44.6 Å². The fourth-order valence-corrected chi connectivity index (χ4v) is 5.17. The van der Waals surface area contributed by atoms with Gasteiger partial charge in [-0.25, -0.2) is 4.79 Å². The molecule has 2 rings (SSSR count). The van der Waals surface area contributed by atoms with Crippen molar-refractivity contribution in [2.24, 2.45) is 23.5 Å². The minimum absolute atomic E-state index is 0.0522. The molecule has 0 unspecified atom stereocenters. The predicted molar refractivity (Wildman–Crippen MR) is 135 cm³/mol. The van der Waals surface area contributed by atoms with E-state index in [9.17, 15) is 24.9 Å². The molecule has 0 aromatic carbocycles. The first-order chi connectivity index (χ1) is 16.8. The number of hydrogen-bond acceptors (Lipinski definition) is 8. The number of nitrogens with two attached hydrogens (primary N) is 1. The third-order valence-electron chi connectivity index (χ3n) is 7.24. The molecule has 2 bridgehead atoms. The molecule has 2 aliphatic rings. The molecule has 0 saturated carbocycles. The molecule has 0 aliphatic carbocycles. The summed E-state index contributed by atoms with van der Waals surface area (Å²) in [6.07, 6.45) is 2.85. The van der Waals surface area contributed by atoms with Gasteiger partial charge in [-0.2, -0.15) is 0 Å². The van der Waals surface area contributed by atoms with Gasteiger partial charge in [0.25, 0.3) is 0 Å². The summed E-state index contributed by atoms with van der Waals surface area (Å²) in [5, 5.41) is 32.5. The number of aliphatic hydroxyl groups excluding tert-OH is 2. The highest BCUT2D eigenvalue weighted by molar-refractivity contribution is 5.70. The Morgan fingerprint density at radius 3 is 2.61 bits per heavy atom. The summed E-state index contributed by atoms with van der Waals surface area (Å²) in [5.74, 6) is -2.64. The lowest BCUT2D eigenvalue weighted by molar-refractivity contribution is -0.279. The predicted octanol–water partition coefficient (Wildman–Crippen LogP) is 3.35. The van der Waals surface area contributed by atoms with Gasteiger partial charge in [0.05, 0.1) is 24.7 Å². The second kappa shape index (κ2) is 13.6. The molecule has 36 heavy (non-hydrogen) atoms. The van der Waals surface area contributed by atoms with E-state index in [0.29, 0.717) is 12.3 Å².